The van der Waals surface area contributed by atoms with Crippen molar-refractivity contribution >= 4 is 11.9 Å². The molecule has 0 unspecified atom stereocenters. The number of hydrogen-bond acceptors (Lipinski definition) is 3. The Morgan fingerprint density at radius 1 is 1.44 bits per heavy atom. The van der Waals surface area contributed by atoms with E-state index in [0.29, 0.717) is 12.2 Å². The van der Waals surface area contributed by atoms with E-state index in [2.05, 4.69) is 5.32 Å². The van der Waals surface area contributed by atoms with E-state index in [4.69, 9.17) is 9.52 Å². The van der Waals surface area contributed by atoms with Crippen molar-refractivity contribution < 1.29 is 19.1 Å². The van der Waals surface area contributed by atoms with E-state index in [9.17, 15) is 9.59 Å². The van der Waals surface area contributed by atoms with Gasteiger partial charge in [-0.25, -0.2) is 4.79 Å². The van der Waals surface area contributed by atoms with Crippen molar-refractivity contribution in [2.75, 3.05) is 0 Å². The molecule has 0 aliphatic rings. The molecule has 0 spiro atoms. The molecular formula is C11H15NO4. The van der Waals surface area contributed by atoms with E-state index in [1.54, 1.807) is 6.07 Å². The van der Waals surface area contributed by atoms with Crippen LogP contribution in [0.1, 0.15) is 42.5 Å². The Hall–Kier alpha value is -1.78. The number of nitrogens with one attached hydrogen (secondary N) is 1. The minimum absolute atomic E-state index is 0.0462. The Morgan fingerprint density at radius 3 is 2.75 bits per heavy atom. The molecule has 5 nitrogen and oxygen atoms in total. The Morgan fingerprint density at radius 2 is 2.19 bits per heavy atom. The van der Waals surface area contributed by atoms with Crippen LogP contribution in [0.25, 0.3) is 0 Å². The predicted octanol–water partition coefficient (Wildman–Crippen LogP) is 1.78. The maximum atomic E-state index is 11.2. The summed E-state index contributed by atoms with van der Waals surface area (Å²) in [7, 11) is 0. The third-order valence-corrected chi connectivity index (χ3v) is 2.09. The SMILES string of the molecule is CCCCC(=O)NCc1ccc(C(=O)O)o1. The van der Waals surface area contributed by atoms with Crippen LogP contribution < -0.4 is 5.32 Å². The van der Waals surface area contributed by atoms with E-state index in [-0.39, 0.29) is 18.2 Å². The highest BCUT2D eigenvalue weighted by molar-refractivity contribution is 5.84. The number of amides is 1. The molecule has 2 N–H and O–H groups in total. The van der Waals surface area contributed by atoms with E-state index in [1.807, 2.05) is 6.92 Å². The molecule has 1 amide bonds. The van der Waals surface area contributed by atoms with Gasteiger partial charge in [-0.15, -0.1) is 0 Å². The quantitative estimate of drug-likeness (QED) is 0.773. The number of carbonyl (C=O) groups is 2. The lowest BCUT2D eigenvalue weighted by Crippen LogP contribution is -2.21. The minimum atomic E-state index is -1.11. The molecule has 5 heteroatoms. The molecule has 0 saturated carbocycles. The zero-order valence-electron chi connectivity index (χ0n) is 9.16. The molecule has 1 rings (SSSR count). The van der Waals surface area contributed by atoms with Crippen LogP contribution >= 0.6 is 0 Å². The van der Waals surface area contributed by atoms with Gasteiger partial charge in [-0.1, -0.05) is 13.3 Å². The Labute approximate surface area is 93.4 Å². The Kier molecular flexibility index (Phi) is 4.57. The normalized spacial score (nSPS) is 10.1. The number of hydrogen-bond donors (Lipinski definition) is 2. The molecule has 1 aromatic rings. The maximum absolute atomic E-state index is 11.2. The Bertz CT molecular complexity index is 370. The third-order valence-electron chi connectivity index (χ3n) is 2.09. The van der Waals surface area contributed by atoms with Crippen LogP contribution in [0.2, 0.25) is 0 Å². The van der Waals surface area contributed by atoms with E-state index in [1.165, 1.54) is 6.07 Å². The monoisotopic (exact) mass is 225 g/mol. The first-order valence-electron chi connectivity index (χ1n) is 5.22. The molecule has 0 atom stereocenters. The second kappa shape index (κ2) is 5.95. The van der Waals surface area contributed by atoms with Crippen LogP contribution in [0.4, 0.5) is 0 Å². The molecule has 0 fully saturated rings. The topological polar surface area (TPSA) is 79.5 Å². The van der Waals surface area contributed by atoms with Gasteiger partial charge < -0.3 is 14.8 Å². The summed E-state index contributed by atoms with van der Waals surface area (Å²) in [5.74, 6) is -0.821. The summed E-state index contributed by atoms with van der Waals surface area (Å²) in [6.07, 6.45) is 2.31. The standard InChI is InChI=1S/C11H15NO4/c1-2-3-4-10(13)12-7-8-5-6-9(16-8)11(14)15/h5-6H,2-4,7H2,1H3,(H,12,13)(H,14,15). The van der Waals surface area contributed by atoms with Crippen molar-refractivity contribution in [3.05, 3.63) is 23.7 Å². The molecule has 0 aliphatic carbocycles. The van der Waals surface area contributed by atoms with Crippen molar-refractivity contribution in [1.29, 1.82) is 0 Å². The second-order valence-corrected chi connectivity index (χ2v) is 3.45. The van der Waals surface area contributed by atoms with Crippen LogP contribution in [0.3, 0.4) is 0 Å². The van der Waals surface area contributed by atoms with Gasteiger partial charge in [0, 0.05) is 6.42 Å². The second-order valence-electron chi connectivity index (χ2n) is 3.45. The molecule has 0 bridgehead atoms. The molecule has 88 valence electrons. The molecule has 0 aliphatic heterocycles. The van der Waals surface area contributed by atoms with Crippen molar-refractivity contribution in [3.63, 3.8) is 0 Å². The number of carboxylic acid groups (broad SMARTS) is 1. The number of unbranched alkanes of at least 4 members (excludes halogenated alkanes) is 1. The van der Waals surface area contributed by atoms with Crippen LogP contribution in [0, 0.1) is 0 Å². The molecule has 16 heavy (non-hydrogen) atoms. The summed E-state index contributed by atoms with van der Waals surface area (Å²) in [4.78, 5) is 21.8. The zero-order valence-corrected chi connectivity index (χ0v) is 9.16. The number of carbonyl (C=O) groups excluding carboxylic acids is 1. The van der Waals surface area contributed by atoms with Gasteiger partial charge >= 0.3 is 5.97 Å². The molecule has 0 saturated heterocycles. The van der Waals surface area contributed by atoms with Gasteiger partial charge in [-0.2, -0.15) is 0 Å². The van der Waals surface area contributed by atoms with Gasteiger partial charge in [0.15, 0.2) is 0 Å². The number of furan rings is 1. The van der Waals surface area contributed by atoms with Gasteiger partial charge in [-0.05, 0) is 18.6 Å². The molecule has 1 heterocycles. The van der Waals surface area contributed by atoms with Crippen LogP contribution in [-0.4, -0.2) is 17.0 Å². The molecular weight excluding hydrogens is 210 g/mol. The predicted molar refractivity (Wildman–Crippen MR) is 57.0 cm³/mol. The first-order valence-corrected chi connectivity index (χ1v) is 5.22. The van der Waals surface area contributed by atoms with Crippen molar-refractivity contribution in [2.24, 2.45) is 0 Å². The fraction of sp³-hybridized carbons (Fsp3) is 0.455. The lowest BCUT2D eigenvalue weighted by atomic mass is 10.2. The summed E-state index contributed by atoms with van der Waals surface area (Å²) in [6.45, 7) is 2.24. The smallest absolute Gasteiger partial charge is 0.371 e. The van der Waals surface area contributed by atoms with Gasteiger partial charge in [0.1, 0.15) is 5.76 Å². The van der Waals surface area contributed by atoms with Crippen molar-refractivity contribution in [3.8, 4) is 0 Å². The average molecular weight is 225 g/mol. The highest BCUT2D eigenvalue weighted by atomic mass is 16.4. The molecule has 1 aromatic heterocycles. The first-order chi connectivity index (χ1) is 7.63. The van der Waals surface area contributed by atoms with Gasteiger partial charge in [0.2, 0.25) is 11.7 Å². The fourth-order valence-corrected chi connectivity index (χ4v) is 1.20. The van der Waals surface area contributed by atoms with Gasteiger partial charge in [0.05, 0.1) is 6.54 Å². The summed E-state index contributed by atoms with van der Waals surface area (Å²) in [6, 6.07) is 2.92. The van der Waals surface area contributed by atoms with Crippen molar-refractivity contribution in [2.45, 2.75) is 32.7 Å². The number of carboxylic acids is 1. The zero-order chi connectivity index (χ0) is 12.0. The number of aromatic carboxylic acids is 1. The largest absolute Gasteiger partial charge is 0.475 e. The highest BCUT2D eigenvalue weighted by Gasteiger charge is 2.09. The summed E-state index contributed by atoms with van der Waals surface area (Å²) in [5, 5.41) is 11.3. The molecule has 0 radical (unpaired) electrons. The summed E-state index contributed by atoms with van der Waals surface area (Å²) < 4.78 is 4.99. The first kappa shape index (κ1) is 12.3. The lowest BCUT2D eigenvalue weighted by Gasteiger charge is -2.01. The lowest BCUT2D eigenvalue weighted by molar-refractivity contribution is -0.121. The van der Waals surface area contributed by atoms with E-state index < -0.39 is 5.97 Å². The number of rotatable bonds is 6. The van der Waals surface area contributed by atoms with Crippen LogP contribution in [0.15, 0.2) is 16.5 Å². The average Bonchev–Trinajstić information content (AvgIpc) is 2.72. The summed E-state index contributed by atoms with van der Waals surface area (Å²) >= 11 is 0. The summed E-state index contributed by atoms with van der Waals surface area (Å²) in [5.41, 5.74) is 0. The van der Waals surface area contributed by atoms with E-state index in [0.717, 1.165) is 12.8 Å². The Balaban J connectivity index is 2.36. The van der Waals surface area contributed by atoms with Crippen LogP contribution in [0.5, 0.6) is 0 Å². The highest BCUT2D eigenvalue weighted by Crippen LogP contribution is 2.07. The van der Waals surface area contributed by atoms with Crippen molar-refractivity contribution in [1.82, 2.24) is 5.32 Å². The fourth-order valence-electron chi connectivity index (χ4n) is 1.20. The van der Waals surface area contributed by atoms with Crippen LogP contribution in [-0.2, 0) is 11.3 Å². The van der Waals surface area contributed by atoms with E-state index >= 15 is 0 Å². The maximum Gasteiger partial charge on any atom is 0.371 e. The molecule has 0 aromatic carbocycles. The van der Waals surface area contributed by atoms with Gasteiger partial charge in [0.25, 0.3) is 0 Å². The minimum Gasteiger partial charge on any atom is -0.475 e. The third kappa shape index (κ3) is 3.76. The van der Waals surface area contributed by atoms with Gasteiger partial charge in [-0.3, -0.25) is 4.79 Å².